The maximum absolute atomic E-state index is 11.9. The van der Waals surface area contributed by atoms with Crippen LogP contribution in [0.15, 0.2) is 53.0 Å². The van der Waals surface area contributed by atoms with Crippen LogP contribution in [0.2, 0.25) is 0 Å². The highest BCUT2D eigenvalue weighted by molar-refractivity contribution is 9.10. The number of thiocarbonyl (C=S) groups is 1. The number of nitrogens with one attached hydrogen (secondary N) is 1. The van der Waals surface area contributed by atoms with Gasteiger partial charge in [-0.3, -0.25) is 4.79 Å². The van der Waals surface area contributed by atoms with Gasteiger partial charge in [0, 0.05) is 10.0 Å². The summed E-state index contributed by atoms with van der Waals surface area (Å²) in [6.45, 7) is -0.0900. The van der Waals surface area contributed by atoms with Crippen LogP contribution in [-0.2, 0) is 4.79 Å². The molecule has 108 valence electrons. The average molecular weight is 365 g/mol. The van der Waals surface area contributed by atoms with Gasteiger partial charge in [-0.25, -0.2) is 0 Å². The van der Waals surface area contributed by atoms with Gasteiger partial charge < -0.3 is 15.8 Å². The lowest BCUT2D eigenvalue weighted by Crippen LogP contribution is -2.22. The Morgan fingerprint density at radius 3 is 2.52 bits per heavy atom. The standard InChI is InChI=1S/C15H13BrN2O2S/c16-10-5-7-11(8-6-10)20-9-14(19)18-13-4-2-1-3-12(13)15(17)21/h1-8H,9H2,(H2,17,21)(H,18,19). The fourth-order valence-electron chi connectivity index (χ4n) is 1.67. The fraction of sp³-hybridized carbons (Fsp3) is 0.0667. The predicted octanol–water partition coefficient (Wildman–Crippen LogP) is 3.10. The number of halogens is 1. The third-order valence-electron chi connectivity index (χ3n) is 2.65. The van der Waals surface area contributed by atoms with Crippen LogP contribution < -0.4 is 15.8 Å². The fourth-order valence-corrected chi connectivity index (χ4v) is 2.12. The first-order valence-electron chi connectivity index (χ1n) is 6.13. The van der Waals surface area contributed by atoms with Crippen molar-refractivity contribution in [1.82, 2.24) is 0 Å². The molecule has 0 aromatic heterocycles. The Hall–Kier alpha value is -1.92. The van der Waals surface area contributed by atoms with Crippen LogP contribution in [-0.4, -0.2) is 17.5 Å². The lowest BCUT2D eigenvalue weighted by atomic mass is 10.2. The molecule has 0 saturated heterocycles. The number of hydrogen-bond acceptors (Lipinski definition) is 3. The lowest BCUT2D eigenvalue weighted by molar-refractivity contribution is -0.118. The van der Waals surface area contributed by atoms with E-state index in [2.05, 4.69) is 21.2 Å². The van der Waals surface area contributed by atoms with Crippen molar-refractivity contribution in [2.75, 3.05) is 11.9 Å². The molecule has 0 bridgehead atoms. The number of nitrogens with two attached hydrogens (primary N) is 1. The molecule has 2 rings (SSSR count). The molecule has 0 heterocycles. The summed E-state index contributed by atoms with van der Waals surface area (Å²) in [5.74, 6) is 0.345. The molecule has 0 saturated carbocycles. The van der Waals surface area contributed by atoms with E-state index in [0.29, 0.717) is 17.0 Å². The number of rotatable bonds is 5. The van der Waals surface area contributed by atoms with E-state index in [1.165, 1.54) is 0 Å². The van der Waals surface area contributed by atoms with Crippen LogP contribution in [0.1, 0.15) is 5.56 Å². The van der Waals surface area contributed by atoms with Gasteiger partial charge in [0.05, 0.1) is 5.69 Å². The molecule has 21 heavy (non-hydrogen) atoms. The SMILES string of the molecule is NC(=S)c1ccccc1NC(=O)COc1ccc(Br)cc1. The van der Waals surface area contributed by atoms with Crippen molar-refractivity contribution in [3.63, 3.8) is 0 Å². The minimum absolute atomic E-state index is 0.0900. The molecule has 0 fully saturated rings. The van der Waals surface area contributed by atoms with E-state index in [4.69, 9.17) is 22.7 Å². The Morgan fingerprint density at radius 2 is 1.86 bits per heavy atom. The first-order chi connectivity index (χ1) is 10.1. The number of anilines is 1. The van der Waals surface area contributed by atoms with Crippen molar-refractivity contribution in [3.05, 3.63) is 58.6 Å². The monoisotopic (exact) mass is 364 g/mol. The predicted molar refractivity (Wildman–Crippen MR) is 90.6 cm³/mol. The topological polar surface area (TPSA) is 64.3 Å². The molecule has 0 spiro atoms. The molecule has 6 heteroatoms. The average Bonchev–Trinajstić information content (AvgIpc) is 2.47. The van der Waals surface area contributed by atoms with E-state index in [-0.39, 0.29) is 17.5 Å². The summed E-state index contributed by atoms with van der Waals surface area (Å²) >= 11 is 8.28. The van der Waals surface area contributed by atoms with Crippen LogP contribution in [0.3, 0.4) is 0 Å². The number of para-hydroxylation sites is 1. The summed E-state index contributed by atoms with van der Waals surface area (Å²) in [5, 5.41) is 2.73. The van der Waals surface area contributed by atoms with Gasteiger partial charge in [-0.2, -0.15) is 0 Å². The number of benzene rings is 2. The zero-order valence-electron chi connectivity index (χ0n) is 11.0. The van der Waals surface area contributed by atoms with E-state index in [0.717, 1.165) is 4.47 Å². The highest BCUT2D eigenvalue weighted by atomic mass is 79.9. The Morgan fingerprint density at radius 1 is 1.19 bits per heavy atom. The minimum atomic E-state index is -0.276. The highest BCUT2D eigenvalue weighted by Crippen LogP contribution is 2.17. The van der Waals surface area contributed by atoms with E-state index in [1.807, 2.05) is 18.2 Å². The zero-order chi connectivity index (χ0) is 15.2. The largest absolute Gasteiger partial charge is 0.484 e. The smallest absolute Gasteiger partial charge is 0.262 e. The molecule has 4 nitrogen and oxygen atoms in total. The number of carbonyl (C=O) groups excluding carboxylic acids is 1. The lowest BCUT2D eigenvalue weighted by Gasteiger charge is -2.10. The molecule has 0 aliphatic heterocycles. The number of carbonyl (C=O) groups is 1. The number of amides is 1. The Balaban J connectivity index is 1.96. The molecule has 1 amide bonds. The molecule has 0 aliphatic carbocycles. The van der Waals surface area contributed by atoms with Crippen molar-refractivity contribution in [2.24, 2.45) is 5.73 Å². The van der Waals surface area contributed by atoms with E-state index >= 15 is 0 Å². The molecule has 0 atom stereocenters. The van der Waals surface area contributed by atoms with Gasteiger partial charge in [0.1, 0.15) is 10.7 Å². The van der Waals surface area contributed by atoms with E-state index in [1.54, 1.807) is 30.3 Å². The first kappa shape index (κ1) is 15.5. The van der Waals surface area contributed by atoms with E-state index < -0.39 is 0 Å². The Kier molecular flexibility index (Phi) is 5.30. The van der Waals surface area contributed by atoms with Crippen LogP contribution in [0, 0.1) is 0 Å². The van der Waals surface area contributed by atoms with E-state index in [9.17, 15) is 4.79 Å². The van der Waals surface area contributed by atoms with Gasteiger partial charge in [-0.05, 0) is 36.4 Å². The summed E-state index contributed by atoms with van der Waals surface area (Å²) < 4.78 is 6.35. The quantitative estimate of drug-likeness (QED) is 0.800. The molecule has 0 radical (unpaired) electrons. The second kappa shape index (κ2) is 7.19. The van der Waals surface area contributed by atoms with Gasteiger partial charge in [-0.15, -0.1) is 0 Å². The van der Waals surface area contributed by atoms with Crippen molar-refractivity contribution < 1.29 is 9.53 Å². The third kappa shape index (κ3) is 4.54. The molecular formula is C15H13BrN2O2S. The minimum Gasteiger partial charge on any atom is -0.484 e. The Labute approximate surface area is 136 Å². The summed E-state index contributed by atoms with van der Waals surface area (Å²) in [4.78, 5) is 12.1. The van der Waals surface area contributed by atoms with Gasteiger partial charge in [0.2, 0.25) is 0 Å². The van der Waals surface area contributed by atoms with Crippen molar-refractivity contribution in [1.29, 1.82) is 0 Å². The molecular weight excluding hydrogens is 352 g/mol. The first-order valence-corrected chi connectivity index (χ1v) is 7.33. The number of ether oxygens (including phenoxy) is 1. The van der Waals surface area contributed by atoms with Gasteiger partial charge in [0.15, 0.2) is 6.61 Å². The maximum Gasteiger partial charge on any atom is 0.262 e. The van der Waals surface area contributed by atoms with Crippen molar-refractivity contribution in [2.45, 2.75) is 0 Å². The second-order valence-corrected chi connectivity index (χ2v) is 5.56. The normalized spacial score (nSPS) is 9.95. The van der Waals surface area contributed by atoms with Crippen LogP contribution in [0.4, 0.5) is 5.69 Å². The Bertz CT molecular complexity index is 659. The van der Waals surface area contributed by atoms with Crippen molar-refractivity contribution in [3.8, 4) is 5.75 Å². The van der Waals surface area contributed by atoms with Crippen LogP contribution in [0.5, 0.6) is 5.75 Å². The summed E-state index contributed by atoms with van der Waals surface area (Å²) in [5.41, 5.74) is 6.82. The van der Waals surface area contributed by atoms with Gasteiger partial charge in [0.25, 0.3) is 5.91 Å². The third-order valence-corrected chi connectivity index (χ3v) is 3.40. The highest BCUT2D eigenvalue weighted by Gasteiger charge is 2.08. The summed E-state index contributed by atoms with van der Waals surface area (Å²) in [6, 6.07) is 14.3. The molecule has 2 aromatic rings. The second-order valence-electron chi connectivity index (χ2n) is 4.20. The van der Waals surface area contributed by atoms with Gasteiger partial charge in [-0.1, -0.05) is 40.3 Å². The maximum atomic E-state index is 11.9. The number of hydrogen-bond donors (Lipinski definition) is 2. The molecule has 0 aliphatic rings. The van der Waals surface area contributed by atoms with Crippen LogP contribution in [0.25, 0.3) is 0 Å². The molecule has 2 aromatic carbocycles. The summed E-state index contributed by atoms with van der Waals surface area (Å²) in [6.07, 6.45) is 0. The zero-order valence-corrected chi connectivity index (χ0v) is 13.4. The molecule has 0 unspecified atom stereocenters. The molecule has 3 N–H and O–H groups in total. The van der Waals surface area contributed by atoms with Crippen LogP contribution >= 0.6 is 28.1 Å². The van der Waals surface area contributed by atoms with Crippen molar-refractivity contribution >= 4 is 44.7 Å². The summed E-state index contributed by atoms with van der Waals surface area (Å²) in [7, 11) is 0. The van der Waals surface area contributed by atoms with Gasteiger partial charge >= 0.3 is 0 Å².